The quantitative estimate of drug-likeness (QED) is 0.737. The molecule has 0 amide bonds. The molecule has 1 aliphatic rings. The molecule has 1 aromatic heterocycles. The fraction of sp³-hybridized carbons (Fsp3) is 0.250. The summed E-state index contributed by atoms with van der Waals surface area (Å²) in [5.41, 5.74) is 6.51. The van der Waals surface area contributed by atoms with Crippen molar-refractivity contribution >= 4 is 5.69 Å². The topological polar surface area (TPSA) is 38.1 Å². The van der Waals surface area contributed by atoms with Gasteiger partial charge in [-0.2, -0.15) is 0 Å². The average Bonchev–Trinajstić information content (AvgIpc) is 3.26. The molecule has 2 aromatic carbocycles. The van der Waals surface area contributed by atoms with Gasteiger partial charge in [-0.3, -0.25) is 0 Å². The molecule has 0 spiro atoms. The van der Waals surface area contributed by atoms with Crippen molar-refractivity contribution in [2.24, 2.45) is 0 Å². The van der Waals surface area contributed by atoms with Crippen LogP contribution in [0.15, 0.2) is 59.5 Å². The van der Waals surface area contributed by atoms with Crippen molar-refractivity contribution in [1.82, 2.24) is 4.98 Å². The predicted octanol–water partition coefficient (Wildman–Crippen LogP) is 5.00. The van der Waals surface area contributed by atoms with Crippen LogP contribution in [-0.4, -0.2) is 4.98 Å². The van der Waals surface area contributed by atoms with Gasteiger partial charge in [0.2, 0.25) is 0 Å². The maximum atomic E-state index is 5.38. The number of benzene rings is 2. The molecule has 0 radical (unpaired) electrons. The molecule has 1 unspecified atom stereocenters. The van der Waals surface area contributed by atoms with Crippen molar-refractivity contribution < 1.29 is 4.42 Å². The summed E-state index contributed by atoms with van der Waals surface area (Å²) < 4.78 is 5.38. The fourth-order valence-corrected chi connectivity index (χ4v) is 3.32. The summed E-state index contributed by atoms with van der Waals surface area (Å²) in [6.45, 7) is 2.21. The van der Waals surface area contributed by atoms with Gasteiger partial charge < -0.3 is 9.73 Å². The number of nitrogens with zero attached hydrogens (tertiary/aromatic N) is 1. The Kier molecular flexibility index (Phi) is 3.62. The number of anilines is 1. The second-order valence-electron chi connectivity index (χ2n) is 6.19. The molecule has 0 fully saturated rings. The van der Waals surface area contributed by atoms with Gasteiger partial charge in [0, 0.05) is 17.3 Å². The van der Waals surface area contributed by atoms with Gasteiger partial charge >= 0.3 is 0 Å². The lowest BCUT2D eigenvalue weighted by Crippen LogP contribution is -2.07. The number of fused-ring (bicyclic) bond motifs is 1. The molecule has 0 saturated heterocycles. The van der Waals surface area contributed by atoms with E-state index in [1.807, 2.05) is 12.1 Å². The lowest BCUT2D eigenvalue weighted by Gasteiger charge is -2.17. The second-order valence-corrected chi connectivity index (χ2v) is 6.19. The number of aryl methyl sites for hydroxylation is 2. The molecule has 3 aromatic rings. The van der Waals surface area contributed by atoms with Crippen molar-refractivity contribution in [3.05, 3.63) is 71.7 Å². The third-order valence-corrected chi connectivity index (χ3v) is 4.59. The van der Waals surface area contributed by atoms with Crippen LogP contribution in [0.2, 0.25) is 0 Å². The Balaban J connectivity index is 1.54. The van der Waals surface area contributed by atoms with E-state index < -0.39 is 0 Å². The van der Waals surface area contributed by atoms with Crippen LogP contribution in [-0.2, 0) is 12.8 Å². The normalized spacial score (nSPS) is 14.5. The Bertz CT molecular complexity index is 808. The zero-order valence-corrected chi connectivity index (χ0v) is 13.3. The van der Waals surface area contributed by atoms with Gasteiger partial charge in [-0.1, -0.05) is 30.3 Å². The highest BCUT2D eigenvalue weighted by Gasteiger charge is 2.13. The number of nitrogens with one attached hydrogen (secondary N) is 1. The van der Waals surface area contributed by atoms with Crippen molar-refractivity contribution in [3.8, 4) is 11.3 Å². The molecular weight excluding hydrogens is 284 g/mol. The molecule has 0 saturated carbocycles. The Hall–Kier alpha value is -2.55. The van der Waals surface area contributed by atoms with Crippen LogP contribution in [0.3, 0.4) is 0 Å². The van der Waals surface area contributed by atoms with Gasteiger partial charge in [0.1, 0.15) is 0 Å². The molecule has 116 valence electrons. The molecule has 23 heavy (non-hydrogen) atoms. The molecular formula is C20H20N2O. The number of rotatable bonds is 4. The lowest BCUT2D eigenvalue weighted by molar-refractivity contribution is 0.572. The van der Waals surface area contributed by atoms with Crippen LogP contribution in [0.4, 0.5) is 5.69 Å². The SMILES string of the molecule is CC(Nc1cccc(-c2cnco2)c1)c1ccc2c(c1)CCC2. The zero-order chi connectivity index (χ0) is 15.6. The highest BCUT2D eigenvalue weighted by molar-refractivity contribution is 5.63. The van der Waals surface area contributed by atoms with Crippen molar-refractivity contribution in [3.63, 3.8) is 0 Å². The second kappa shape index (κ2) is 5.92. The molecule has 0 aliphatic heterocycles. The monoisotopic (exact) mass is 304 g/mol. The van der Waals surface area contributed by atoms with Gasteiger partial charge in [-0.15, -0.1) is 0 Å². The van der Waals surface area contributed by atoms with Crippen LogP contribution >= 0.6 is 0 Å². The van der Waals surface area contributed by atoms with Gasteiger partial charge in [0.15, 0.2) is 12.2 Å². The Labute approximate surface area is 136 Å². The third-order valence-electron chi connectivity index (χ3n) is 4.59. The first-order valence-electron chi connectivity index (χ1n) is 8.17. The average molecular weight is 304 g/mol. The lowest BCUT2D eigenvalue weighted by atomic mass is 10.0. The first kappa shape index (κ1) is 14.1. The molecule has 1 aliphatic carbocycles. The Morgan fingerprint density at radius 2 is 2.00 bits per heavy atom. The van der Waals surface area contributed by atoms with Gasteiger partial charge in [0.05, 0.1) is 6.20 Å². The number of aromatic nitrogens is 1. The van der Waals surface area contributed by atoms with Crippen molar-refractivity contribution in [2.75, 3.05) is 5.32 Å². The molecule has 1 heterocycles. The van der Waals surface area contributed by atoms with E-state index in [4.69, 9.17) is 4.42 Å². The van der Waals surface area contributed by atoms with Crippen LogP contribution in [0.25, 0.3) is 11.3 Å². The molecule has 0 bridgehead atoms. The van der Waals surface area contributed by atoms with E-state index in [0.29, 0.717) is 0 Å². The third kappa shape index (κ3) is 2.87. The Morgan fingerprint density at radius 3 is 2.87 bits per heavy atom. The minimum absolute atomic E-state index is 0.269. The molecule has 3 heteroatoms. The highest BCUT2D eigenvalue weighted by atomic mass is 16.3. The van der Waals surface area contributed by atoms with E-state index in [0.717, 1.165) is 17.0 Å². The zero-order valence-electron chi connectivity index (χ0n) is 13.3. The first-order chi connectivity index (χ1) is 11.3. The highest BCUT2D eigenvalue weighted by Crippen LogP contribution is 2.28. The number of oxazole rings is 1. The van der Waals surface area contributed by atoms with Crippen LogP contribution < -0.4 is 5.32 Å². The van der Waals surface area contributed by atoms with Crippen molar-refractivity contribution in [2.45, 2.75) is 32.2 Å². The van der Waals surface area contributed by atoms with Crippen LogP contribution in [0.5, 0.6) is 0 Å². The summed E-state index contributed by atoms with van der Waals surface area (Å²) in [6, 6.07) is 15.4. The summed E-state index contributed by atoms with van der Waals surface area (Å²) >= 11 is 0. The maximum Gasteiger partial charge on any atom is 0.181 e. The van der Waals surface area contributed by atoms with E-state index in [2.05, 4.69) is 47.6 Å². The minimum atomic E-state index is 0.269. The summed E-state index contributed by atoms with van der Waals surface area (Å²) in [6.07, 6.45) is 6.94. The summed E-state index contributed by atoms with van der Waals surface area (Å²) in [7, 11) is 0. The smallest absolute Gasteiger partial charge is 0.181 e. The van der Waals surface area contributed by atoms with E-state index >= 15 is 0 Å². The summed E-state index contributed by atoms with van der Waals surface area (Å²) in [4.78, 5) is 3.98. The standard InChI is InChI=1S/C20H20N2O/c1-14(16-9-8-15-4-2-5-17(15)10-16)22-19-7-3-6-18(11-19)20-12-21-13-23-20/h3,6-14,22H,2,4-5H2,1H3. The van der Waals surface area contributed by atoms with Crippen molar-refractivity contribution in [1.29, 1.82) is 0 Å². The number of hydrogen-bond acceptors (Lipinski definition) is 3. The predicted molar refractivity (Wildman–Crippen MR) is 92.4 cm³/mol. The molecule has 3 nitrogen and oxygen atoms in total. The molecule has 1 N–H and O–H groups in total. The largest absolute Gasteiger partial charge is 0.444 e. The summed E-state index contributed by atoms with van der Waals surface area (Å²) in [5, 5.41) is 3.59. The van der Waals surface area contributed by atoms with E-state index in [1.165, 1.54) is 42.3 Å². The first-order valence-corrected chi connectivity index (χ1v) is 8.17. The van der Waals surface area contributed by atoms with Gasteiger partial charge in [-0.25, -0.2) is 4.98 Å². The Morgan fingerprint density at radius 1 is 1.09 bits per heavy atom. The van der Waals surface area contributed by atoms with E-state index in [1.54, 1.807) is 6.20 Å². The summed E-state index contributed by atoms with van der Waals surface area (Å²) in [5.74, 6) is 0.791. The number of hydrogen-bond donors (Lipinski definition) is 1. The maximum absolute atomic E-state index is 5.38. The van der Waals surface area contributed by atoms with E-state index in [-0.39, 0.29) is 6.04 Å². The van der Waals surface area contributed by atoms with Crippen LogP contribution in [0, 0.1) is 0 Å². The van der Waals surface area contributed by atoms with Crippen LogP contribution in [0.1, 0.15) is 36.1 Å². The van der Waals surface area contributed by atoms with Gasteiger partial charge in [-0.05, 0) is 55.0 Å². The minimum Gasteiger partial charge on any atom is -0.444 e. The fourth-order valence-electron chi connectivity index (χ4n) is 3.32. The molecule has 4 rings (SSSR count). The van der Waals surface area contributed by atoms with Gasteiger partial charge in [0.25, 0.3) is 0 Å². The molecule has 1 atom stereocenters. The van der Waals surface area contributed by atoms with E-state index in [9.17, 15) is 0 Å².